The quantitative estimate of drug-likeness (QED) is 0.698. The van der Waals surface area contributed by atoms with Crippen LogP contribution in [-0.2, 0) is 19.0 Å². The maximum atomic E-state index is 13.7. The van der Waals surface area contributed by atoms with Crippen LogP contribution in [0.15, 0.2) is 17.1 Å². The molecule has 1 aromatic rings. The van der Waals surface area contributed by atoms with Crippen molar-refractivity contribution in [1.29, 1.82) is 0 Å². The summed E-state index contributed by atoms with van der Waals surface area (Å²) in [6.45, 7) is 8.63. The van der Waals surface area contributed by atoms with Gasteiger partial charge in [-0.15, -0.1) is 0 Å². The second-order valence-electron chi connectivity index (χ2n) is 8.28. The van der Waals surface area contributed by atoms with Gasteiger partial charge in [-0.25, -0.2) is 9.79 Å². The predicted octanol–water partition coefficient (Wildman–Crippen LogP) is 4.43. The van der Waals surface area contributed by atoms with Crippen LogP contribution in [0.5, 0.6) is 0 Å². The highest BCUT2D eigenvalue weighted by Crippen LogP contribution is 2.45. The Kier molecular flexibility index (Phi) is 6.42. The molecule has 1 heterocycles. The van der Waals surface area contributed by atoms with E-state index in [2.05, 4.69) is 12.1 Å². The minimum Gasteiger partial charge on any atom is -0.434 e. The average Bonchev–Trinajstić information content (AvgIpc) is 2.89. The monoisotopic (exact) mass is 401 g/mol. The van der Waals surface area contributed by atoms with Gasteiger partial charge in [0.25, 0.3) is 0 Å². The summed E-state index contributed by atoms with van der Waals surface area (Å²) < 4.78 is 15.7. The molecular weight excluding hydrogens is 370 g/mol. The van der Waals surface area contributed by atoms with E-state index in [0.717, 1.165) is 35.1 Å². The van der Waals surface area contributed by atoms with Crippen molar-refractivity contribution in [3.05, 3.63) is 34.4 Å². The van der Waals surface area contributed by atoms with Crippen LogP contribution in [0, 0.1) is 26.7 Å². The van der Waals surface area contributed by atoms with Gasteiger partial charge in [0.1, 0.15) is 11.5 Å². The topological polar surface area (TPSA) is 74.2 Å². The molecule has 1 spiro atoms. The molecule has 3 rings (SSSR count). The molecule has 1 aliphatic carbocycles. The highest BCUT2D eigenvalue weighted by molar-refractivity contribution is 6.17. The van der Waals surface area contributed by atoms with Crippen molar-refractivity contribution in [2.75, 3.05) is 20.3 Å². The molecule has 1 saturated carbocycles. The molecule has 2 aliphatic rings. The van der Waals surface area contributed by atoms with Crippen LogP contribution in [0.2, 0.25) is 0 Å². The van der Waals surface area contributed by atoms with Gasteiger partial charge in [0.2, 0.25) is 5.90 Å². The molecule has 0 N–H and O–H groups in total. The van der Waals surface area contributed by atoms with Gasteiger partial charge in [-0.2, -0.15) is 0 Å². The third kappa shape index (κ3) is 4.22. The van der Waals surface area contributed by atoms with E-state index in [1.807, 2.05) is 20.8 Å². The Balaban J connectivity index is 1.98. The van der Waals surface area contributed by atoms with Crippen molar-refractivity contribution in [3.8, 4) is 0 Å². The first-order valence-corrected chi connectivity index (χ1v) is 10.4. The van der Waals surface area contributed by atoms with Crippen molar-refractivity contribution < 1.29 is 23.8 Å². The maximum Gasteiger partial charge on any atom is 0.514 e. The number of Topliss-reactive ketones (excluding diaryl/α,β-unsaturated/α-hetero) is 1. The van der Waals surface area contributed by atoms with Gasteiger partial charge in [0.15, 0.2) is 5.78 Å². The zero-order valence-corrected chi connectivity index (χ0v) is 18.0. The lowest BCUT2D eigenvalue weighted by atomic mass is 9.72. The largest absolute Gasteiger partial charge is 0.514 e. The summed E-state index contributed by atoms with van der Waals surface area (Å²) in [5.41, 5.74) is 3.21. The molecule has 1 aliphatic heterocycles. The Morgan fingerprint density at radius 1 is 1.17 bits per heavy atom. The lowest BCUT2D eigenvalue weighted by molar-refractivity contribution is -0.124. The molecule has 158 valence electrons. The van der Waals surface area contributed by atoms with Gasteiger partial charge >= 0.3 is 6.16 Å². The highest BCUT2D eigenvalue weighted by Gasteiger charge is 2.53. The molecular formula is C23H31NO5. The second-order valence-corrected chi connectivity index (χ2v) is 8.28. The third-order valence-corrected chi connectivity index (χ3v) is 6.10. The van der Waals surface area contributed by atoms with Gasteiger partial charge in [0, 0.05) is 13.7 Å². The molecule has 0 bridgehead atoms. The number of rotatable bonds is 4. The molecule has 0 radical (unpaired) electrons. The Labute approximate surface area is 172 Å². The summed E-state index contributed by atoms with van der Waals surface area (Å²) in [7, 11) is 1.70. The summed E-state index contributed by atoms with van der Waals surface area (Å²) in [6.07, 6.45) is 2.23. The van der Waals surface area contributed by atoms with Crippen LogP contribution < -0.4 is 0 Å². The van der Waals surface area contributed by atoms with Crippen LogP contribution in [0.1, 0.15) is 60.8 Å². The van der Waals surface area contributed by atoms with Gasteiger partial charge in [0.05, 0.1) is 6.61 Å². The zero-order chi connectivity index (χ0) is 21.2. The zero-order valence-electron chi connectivity index (χ0n) is 18.0. The van der Waals surface area contributed by atoms with Crippen molar-refractivity contribution in [2.45, 2.75) is 64.8 Å². The smallest absolute Gasteiger partial charge is 0.434 e. The summed E-state index contributed by atoms with van der Waals surface area (Å²) >= 11 is 0. The average molecular weight is 402 g/mol. The van der Waals surface area contributed by atoms with Crippen LogP contribution in [0.4, 0.5) is 4.79 Å². The molecule has 6 heteroatoms. The number of nitrogens with zero attached hydrogens (tertiary/aromatic N) is 1. The number of aliphatic imine (C=N–C) groups is 1. The highest BCUT2D eigenvalue weighted by atomic mass is 16.7. The van der Waals surface area contributed by atoms with Gasteiger partial charge < -0.3 is 14.2 Å². The number of benzene rings is 1. The van der Waals surface area contributed by atoms with Crippen molar-refractivity contribution in [3.63, 3.8) is 0 Å². The minimum atomic E-state index is -0.819. The molecule has 29 heavy (non-hydrogen) atoms. The molecule has 1 unspecified atom stereocenters. The van der Waals surface area contributed by atoms with E-state index in [-0.39, 0.29) is 18.3 Å². The number of ether oxygens (including phenoxy) is 3. The van der Waals surface area contributed by atoms with Crippen LogP contribution in [0.25, 0.3) is 0 Å². The molecule has 1 aromatic carbocycles. The minimum absolute atomic E-state index is 0.0303. The summed E-state index contributed by atoms with van der Waals surface area (Å²) in [5, 5.41) is 0. The van der Waals surface area contributed by atoms with E-state index < -0.39 is 17.6 Å². The van der Waals surface area contributed by atoms with Crippen molar-refractivity contribution >= 4 is 17.8 Å². The van der Waals surface area contributed by atoms with E-state index in [1.54, 1.807) is 14.0 Å². The Hall–Kier alpha value is -2.21. The van der Waals surface area contributed by atoms with E-state index in [1.165, 1.54) is 0 Å². The SMILES string of the molecule is CCOC(=O)OC1=NC2(CCC(COC)CC2)C(=O)C1c1c(C)cc(C)cc1C. The fourth-order valence-electron chi connectivity index (χ4n) is 4.84. The lowest BCUT2D eigenvalue weighted by Crippen LogP contribution is -2.40. The van der Waals surface area contributed by atoms with Crippen LogP contribution in [0.3, 0.4) is 0 Å². The number of ketones is 1. The lowest BCUT2D eigenvalue weighted by Gasteiger charge is -2.33. The Morgan fingerprint density at radius 2 is 1.79 bits per heavy atom. The number of methoxy groups -OCH3 is 1. The van der Waals surface area contributed by atoms with E-state index >= 15 is 0 Å². The molecule has 1 atom stereocenters. The van der Waals surface area contributed by atoms with E-state index in [0.29, 0.717) is 25.4 Å². The van der Waals surface area contributed by atoms with Crippen molar-refractivity contribution in [2.24, 2.45) is 10.9 Å². The molecule has 0 amide bonds. The van der Waals surface area contributed by atoms with E-state index in [4.69, 9.17) is 19.2 Å². The normalized spacial score (nSPS) is 26.5. The first-order chi connectivity index (χ1) is 13.8. The molecule has 0 saturated heterocycles. The van der Waals surface area contributed by atoms with Crippen molar-refractivity contribution in [1.82, 2.24) is 0 Å². The van der Waals surface area contributed by atoms with Crippen LogP contribution >= 0.6 is 0 Å². The molecule has 6 nitrogen and oxygen atoms in total. The van der Waals surface area contributed by atoms with Gasteiger partial charge in [-0.05, 0) is 76.0 Å². The third-order valence-electron chi connectivity index (χ3n) is 6.10. The van der Waals surface area contributed by atoms with Gasteiger partial charge in [-0.3, -0.25) is 4.79 Å². The maximum absolute atomic E-state index is 13.7. The number of hydrogen-bond donors (Lipinski definition) is 0. The standard InChI is InChI=1S/C23H31NO5/c1-6-28-22(26)29-21-19(18-15(3)11-14(2)12-16(18)4)20(25)23(24-21)9-7-17(8-10-23)13-27-5/h11-12,17,19H,6-10,13H2,1-5H3. The van der Waals surface area contributed by atoms with Crippen LogP contribution in [-0.4, -0.2) is 43.7 Å². The molecule has 0 aromatic heterocycles. The fraction of sp³-hybridized carbons (Fsp3) is 0.609. The Bertz CT molecular complexity index is 798. The van der Waals surface area contributed by atoms with E-state index in [9.17, 15) is 9.59 Å². The van der Waals surface area contributed by atoms with Gasteiger partial charge in [-0.1, -0.05) is 17.7 Å². The second kappa shape index (κ2) is 8.66. The fourth-order valence-corrected chi connectivity index (χ4v) is 4.84. The molecule has 1 fully saturated rings. The first kappa shape index (κ1) is 21.5. The number of hydrogen-bond acceptors (Lipinski definition) is 6. The predicted molar refractivity (Wildman–Crippen MR) is 111 cm³/mol. The Morgan fingerprint density at radius 3 is 2.34 bits per heavy atom. The number of carbonyl (C=O) groups is 2. The summed E-state index contributed by atoms with van der Waals surface area (Å²) in [5.74, 6) is -0.0275. The number of carbonyl (C=O) groups excluding carboxylic acids is 2. The number of aryl methyl sites for hydroxylation is 3. The summed E-state index contributed by atoms with van der Waals surface area (Å²) in [4.78, 5) is 30.5. The summed E-state index contributed by atoms with van der Waals surface area (Å²) in [6, 6.07) is 4.11. The first-order valence-electron chi connectivity index (χ1n) is 10.4.